The molecule has 0 spiro atoms. The van der Waals surface area contributed by atoms with Gasteiger partial charge in [-0.1, -0.05) is 12.1 Å². The Morgan fingerprint density at radius 2 is 1.87 bits per heavy atom. The maximum absolute atomic E-state index is 12.5. The lowest BCUT2D eigenvalue weighted by Crippen LogP contribution is -2.31. The number of hydrogen-bond acceptors (Lipinski definition) is 2. The molecule has 2 aromatic rings. The van der Waals surface area contributed by atoms with Gasteiger partial charge >= 0.3 is 6.18 Å². The van der Waals surface area contributed by atoms with Gasteiger partial charge in [0.05, 0.1) is 11.1 Å². The fourth-order valence-electron chi connectivity index (χ4n) is 2.03. The molecular weight excluding hydrogens is 307 g/mol. The van der Waals surface area contributed by atoms with Crippen LogP contribution in [0.1, 0.15) is 15.9 Å². The number of likely N-dealkylation sites (N-methyl/N-ethyl adjacent to an activating group) is 1. The highest BCUT2D eigenvalue weighted by Crippen LogP contribution is 2.30. The topological polar surface area (TPSA) is 48.1 Å². The van der Waals surface area contributed by atoms with Gasteiger partial charge in [-0.05, 0) is 37.9 Å². The van der Waals surface area contributed by atoms with Crippen molar-refractivity contribution < 1.29 is 18.0 Å². The van der Waals surface area contributed by atoms with Crippen molar-refractivity contribution in [2.45, 2.75) is 6.18 Å². The average molecular weight is 325 g/mol. The van der Waals surface area contributed by atoms with Gasteiger partial charge in [-0.2, -0.15) is 13.2 Å². The molecule has 1 aromatic carbocycles. The molecule has 1 heterocycles. The van der Waals surface area contributed by atoms with Gasteiger partial charge in [-0.15, -0.1) is 0 Å². The second-order valence-corrected chi connectivity index (χ2v) is 5.44. The van der Waals surface area contributed by atoms with Crippen molar-refractivity contribution in [3.05, 3.63) is 47.7 Å². The Labute approximate surface area is 132 Å². The first kappa shape index (κ1) is 17.1. The van der Waals surface area contributed by atoms with Gasteiger partial charge < -0.3 is 15.2 Å². The van der Waals surface area contributed by atoms with Gasteiger partial charge in [0.15, 0.2) is 0 Å². The smallest absolute Gasteiger partial charge is 0.360 e. The molecule has 0 saturated carbocycles. The van der Waals surface area contributed by atoms with Crippen LogP contribution in [0.2, 0.25) is 0 Å². The van der Waals surface area contributed by atoms with Crippen molar-refractivity contribution in [2.24, 2.45) is 0 Å². The highest BCUT2D eigenvalue weighted by molar-refractivity contribution is 5.95. The molecule has 2 N–H and O–H groups in total. The summed E-state index contributed by atoms with van der Waals surface area (Å²) in [5, 5.41) is 2.77. The second-order valence-electron chi connectivity index (χ2n) is 5.44. The maximum Gasteiger partial charge on any atom is 0.416 e. The molecule has 23 heavy (non-hydrogen) atoms. The molecule has 0 bridgehead atoms. The van der Waals surface area contributed by atoms with Crippen molar-refractivity contribution in [3.8, 4) is 11.3 Å². The van der Waals surface area contributed by atoms with Crippen molar-refractivity contribution in [1.29, 1.82) is 0 Å². The number of alkyl halides is 3. The lowest BCUT2D eigenvalue weighted by atomic mass is 10.1. The fourth-order valence-corrected chi connectivity index (χ4v) is 2.03. The third-order valence-corrected chi connectivity index (χ3v) is 3.31. The Balaban J connectivity index is 2.05. The van der Waals surface area contributed by atoms with Crippen molar-refractivity contribution in [3.63, 3.8) is 0 Å². The predicted molar refractivity (Wildman–Crippen MR) is 82.1 cm³/mol. The molecule has 0 aliphatic heterocycles. The number of rotatable bonds is 5. The molecule has 0 fully saturated rings. The number of nitrogens with one attached hydrogen (secondary N) is 2. The van der Waals surface area contributed by atoms with Crippen LogP contribution in [0.25, 0.3) is 11.3 Å². The van der Waals surface area contributed by atoms with Crippen molar-refractivity contribution in [1.82, 2.24) is 15.2 Å². The zero-order valence-electron chi connectivity index (χ0n) is 12.9. The Kier molecular flexibility index (Phi) is 5.10. The van der Waals surface area contributed by atoms with E-state index in [4.69, 9.17) is 0 Å². The number of H-pyrrole nitrogens is 1. The standard InChI is InChI=1S/C16H18F3N3O/c1-22(2)8-7-20-15(23)12-9-14(21-10-12)11-3-5-13(6-4-11)16(17,18)19/h3-6,9-10,21H,7-8H2,1-2H3,(H,20,23). The molecule has 4 nitrogen and oxygen atoms in total. The Bertz CT molecular complexity index is 660. The molecule has 7 heteroatoms. The number of carbonyl (C=O) groups is 1. The maximum atomic E-state index is 12.5. The van der Waals surface area contributed by atoms with Gasteiger partial charge in [-0.3, -0.25) is 4.79 Å². The predicted octanol–water partition coefficient (Wildman–Crippen LogP) is 2.99. The highest BCUT2D eigenvalue weighted by atomic mass is 19.4. The minimum absolute atomic E-state index is 0.221. The second kappa shape index (κ2) is 6.87. The van der Waals surface area contributed by atoms with Crippen molar-refractivity contribution >= 4 is 5.91 Å². The summed E-state index contributed by atoms with van der Waals surface area (Å²) < 4.78 is 37.6. The van der Waals surface area contributed by atoms with Crippen LogP contribution >= 0.6 is 0 Å². The number of aromatic nitrogens is 1. The van der Waals surface area contributed by atoms with E-state index in [2.05, 4.69) is 10.3 Å². The van der Waals surface area contributed by atoms with Crippen LogP contribution in [0.3, 0.4) is 0 Å². The number of benzene rings is 1. The molecule has 1 amide bonds. The lowest BCUT2D eigenvalue weighted by molar-refractivity contribution is -0.137. The summed E-state index contributed by atoms with van der Waals surface area (Å²) in [4.78, 5) is 16.8. The van der Waals surface area contributed by atoms with Crippen LogP contribution in [0, 0.1) is 0 Å². The summed E-state index contributed by atoms with van der Waals surface area (Å²) in [7, 11) is 3.82. The first-order chi connectivity index (χ1) is 10.8. The Hall–Kier alpha value is -2.28. The number of amides is 1. The quantitative estimate of drug-likeness (QED) is 0.888. The van der Waals surface area contributed by atoms with Gasteiger partial charge in [-0.25, -0.2) is 0 Å². The molecular formula is C16H18F3N3O. The first-order valence-electron chi connectivity index (χ1n) is 7.06. The van der Waals surface area contributed by atoms with E-state index < -0.39 is 11.7 Å². The summed E-state index contributed by atoms with van der Waals surface area (Å²) in [5.41, 5.74) is 0.926. The fraction of sp³-hybridized carbons (Fsp3) is 0.312. The molecule has 0 atom stereocenters. The molecule has 124 valence electrons. The van der Waals surface area contributed by atoms with Gasteiger partial charge in [0, 0.05) is 25.0 Å². The normalized spacial score (nSPS) is 11.7. The summed E-state index contributed by atoms with van der Waals surface area (Å²) >= 11 is 0. The van der Waals surface area contributed by atoms with Gasteiger partial charge in [0.1, 0.15) is 0 Å². The zero-order valence-corrected chi connectivity index (χ0v) is 12.9. The summed E-state index contributed by atoms with van der Waals surface area (Å²) in [6.45, 7) is 1.24. The summed E-state index contributed by atoms with van der Waals surface area (Å²) in [6.07, 6.45) is -2.82. The van der Waals surface area contributed by atoms with Crippen LogP contribution in [0.4, 0.5) is 13.2 Å². The molecule has 1 aromatic heterocycles. The van der Waals surface area contributed by atoms with Gasteiger partial charge in [0.25, 0.3) is 5.91 Å². The summed E-state index contributed by atoms with van der Waals surface area (Å²) in [5.74, 6) is -0.221. The minimum atomic E-state index is -4.36. The largest absolute Gasteiger partial charge is 0.416 e. The monoisotopic (exact) mass is 325 g/mol. The van der Waals surface area contributed by atoms with E-state index in [1.165, 1.54) is 18.3 Å². The number of halogens is 3. The number of carbonyl (C=O) groups excluding carboxylic acids is 1. The Morgan fingerprint density at radius 3 is 2.43 bits per heavy atom. The molecule has 0 unspecified atom stereocenters. The highest BCUT2D eigenvalue weighted by Gasteiger charge is 2.30. The average Bonchev–Trinajstić information content (AvgIpc) is 2.96. The van der Waals surface area contributed by atoms with Crippen LogP contribution in [-0.2, 0) is 6.18 Å². The van der Waals surface area contributed by atoms with Crippen LogP contribution < -0.4 is 5.32 Å². The van der Waals surface area contributed by atoms with E-state index >= 15 is 0 Å². The minimum Gasteiger partial charge on any atom is -0.360 e. The van der Waals surface area contributed by atoms with E-state index in [9.17, 15) is 18.0 Å². The Morgan fingerprint density at radius 1 is 1.22 bits per heavy atom. The number of nitrogens with zero attached hydrogens (tertiary/aromatic N) is 1. The van der Waals surface area contributed by atoms with E-state index in [-0.39, 0.29) is 5.91 Å². The van der Waals surface area contributed by atoms with Crippen LogP contribution in [0.15, 0.2) is 36.5 Å². The summed E-state index contributed by atoms with van der Waals surface area (Å²) in [6, 6.07) is 6.42. The van der Waals surface area contributed by atoms with E-state index in [0.717, 1.165) is 18.7 Å². The van der Waals surface area contributed by atoms with Crippen LogP contribution in [0.5, 0.6) is 0 Å². The van der Waals surface area contributed by atoms with E-state index in [1.807, 2.05) is 19.0 Å². The molecule has 0 radical (unpaired) electrons. The third-order valence-electron chi connectivity index (χ3n) is 3.31. The van der Waals surface area contributed by atoms with E-state index in [0.29, 0.717) is 23.4 Å². The first-order valence-corrected chi connectivity index (χ1v) is 7.06. The molecule has 0 aliphatic carbocycles. The van der Waals surface area contributed by atoms with Gasteiger partial charge in [0.2, 0.25) is 0 Å². The SMILES string of the molecule is CN(C)CCNC(=O)c1c[nH]c(-c2ccc(C(F)(F)F)cc2)c1. The zero-order chi connectivity index (χ0) is 17.0. The molecule has 2 rings (SSSR count). The van der Waals surface area contributed by atoms with Crippen molar-refractivity contribution in [2.75, 3.05) is 27.2 Å². The molecule has 0 saturated heterocycles. The van der Waals surface area contributed by atoms with Crippen LogP contribution in [-0.4, -0.2) is 43.0 Å². The van der Waals surface area contributed by atoms with E-state index in [1.54, 1.807) is 6.07 Å². The molecule has 0 aliphatic rings. The lowest BCUT2D eigenvalue weighted by Gasteiger charge is -2.09. The third kappa shape index (κ3) is 4.59. The number of aromatic amines is 1. The number of hydrogen-bond donors (Lipinski definition) is 2.